The zero-order valence-electron chi connectivity index (χ0n) is 19.0. The molecule has 0 N–H and O–H groups in total. The molecule has 34 heavy (non-hydrogen) atoms. The molecule has 8 heteroatoms. The molecule has 1 aliphatic heterocycles. The molecule has 1 aliphatic rings. The molecule has 0 radical (unpaired) electrons. The van der Waals surface area contributed by atoms with Crippen LogP contribution in [0.15, 0.2) is 73.2 Å². The van der Waals surface area contributed by atoms with Gasteiger partial charge in [-0.3, -0.25) is 9.78 Å². The van der Waals surface area contributed by atoms with Crippen LogP contribution in [0.25, 0.3) is 22.3 Å². The second-order valence-electron chi connectivity index (χ2n) is 8.14. The van der Waals surface area contributed by atoms with Crippen LogP contribution >= 0.6 is 0 Å². The van der Waals surface area contributed by atoms with Crippen LogP contribution in [0.1, 0.15) is 13.3 Å². The van der Waals surface area contributed by atoms with E-state index in [1.54, 1.807) is 24.7 Å². The number of benzene rings is 2. The third-order valence-corrected chi connectivity index (χ3v) is 5.95. The van der Waals surface area contributed by atoms with Gasteiger partial charge < -0.3 is 14.5 Å². The lowest BCUT2D eigenvalue weighted by molar-refractivity contribution is -0.139. The summed E-state index contributed by atoms with van der Waals surface area (Å²) in [5.41, 5.74) is 3.47. The number of amides is 1. The van der Waals surface area contributed by atoms with Crippen molar-refractivity contribution in [3.63, 3.8) is 0 Å². The minimum Gasteiger partial charge on any atom is -0.481 e. The van der Waals surface area contributed by atoms with E-state index < -0.39 is 6.10 Å². The van der Waals surface area contributed by atoms with Gasteiger partial charge in [0.2, 0.25) is 5.95 Å². The summed E-state index contributed by atoms with van der Waals surface area (Å²) in [5.74, 6) is 1.38. The topological polar surface area (TPSA) is 84.3 Å². The maximum atomic E-state index is 13.1. The highest BCUT2D eigenvalue weighted by atomic mass is 16.5. The minimum absolute atomic E-state index is 0.0144. The zero-order valence-corrected chi connectivity index (χ0v) is 19.0. The lowest BCUT2D eigenvalue weighted by Crippen LogP contribution is -2.52. The number of aromatic nitrogens is 4. The van der Waals surface area contributed by atoms with Crippen molar-refractivity contribution >= 4 is 22.9 Å². The third-order valence-electron chi connectivity index (χ3n) is 5.95. The Morgan fingerprint density at radius 1 is 0.912 bits per heavy atom. The molecule has 0 spiro atoms. The Hall–Kier alpha value is -4.07. The Morgan fingerprint density at radius 3 is 2.32 bits per heavy atom. The molecular formula is C26H26N6O2. The number of carbonyl (C=O) groups is 1. The summed E-state index contributed by atoms with van der Waals surface area (Å²) in [6, 6.07) is 17.3. The first-order valence-corrected chi connectivity index (χ1v) is 11.5. The Balaban J connectivity index is 1.22. The van der Waals surface area contributed by atoms with E-state index in [-0.39, 0.29) is 5.91 Å². The summed E-state index contributed by atoms with van der Waals surface area (Å²) >= 11 is 0. The van der Waals surface area contributed by atoms with Crippen molar-refractivity contribution in [1.82, 2.24) is 24.8 Å². The van der Waals surface area contributed by atoms with Crippen molar-refractivity contribution in [2.45, 2.75) is 19.4 Å². The fraction of sp³-hybridized carbons (Fsp3) is 0.269. The quantitative estimate of drug-likeness (QED) is 0.440. The van der Waals surface area contributed by atoms with Crippen LogP contribution in [-0.2, 0) is 4.79 Å². The van der Waals surface area contributed by atoms with Crippen LogP contribution in [0.4, 0.5) is 5.95 Å². The lowest BCUT2D eigenvalue weighted by atomic mass is 10.1. The first kappa shape index (κ1) is 21.8. The molecule has 1 unspecified atom stereocenters. The molecule has 1 saturated heterocycles. The van der Waals surface area contributed by atoms with Crippen LogP contribution in [-0.4, -0.2) is 63.0 Å². The van der Waals surface area contributed by atoms with Gasteiger partial charge in [-0.05, 0) is 48.9 Å². The molecule has 0 saturated carbocycles. The molecule has 0 aliphatic carbocycles. The average molecular weight is 455 g/mol. The van der Waals surface area contributed by atoms with Crippen LogP contribution in [0.2, 0.25) is 0 Å². The highest BCUT2D eigenvalue weighted by molar-refractivity contribution is 5.81. The summed E-state index contributed by atoms with van der Waals surface area (Å²) < 4.78 is 6.09. The Bertz CT molecular complexity index is 1260. The van der Waals surface area contributed by atoms with Crippen LogP contribution < -0.4 is 9.64 Å². The number of carbonyl (C=O) groups excluding carboxylic acids is 1. The summed E-state index contributed by atoms with van der Waals surface area (Å²) in [5, 5.41) is 0. The number of fused-ring (bicyclic) bond motifs is 1. The summed E-state index contributed by atoms with van der Waals surface area (Å²) in [6.07, 6.45) is 5.32. The molecule has 3 heterocycles. The Kier molecular flexibility index (Phi) is 6.29. The molecule has 2 aromatic carbocycles. The van der Waals surface area contributed by atoms with Crippen LogP contribution in [0.5, 0.6) is 5.75 Å². The number of anilines is 1. The van der Waals surface area contributed by atoms with Gasteiger partial charge >= 0.3 is 0 Å². The van der Waals surface area contributed by atoms with E-state index in [2.05, 4.69) is 19.9 Å². The number of ether oxygens (including phenoxy) is 1. The molecule has 1 atom stereocenters. The zero-order chi connectivity index (χ0) is 23.3. The Morgan fingerprint density at radius 2 is 1.62 bits per heavy atom. The van der Waals surface area contributed by atoms with Crippen LogP contribution in [0.3, 0.4) is 0 Å². The van der Waals surface area contributed by atoms with Gasteiger partial charge in [0.1, 0.15) is 5.75 Å². The SMILES string of the molecule is CCC(Oc1ccc(-c2cnc3ccccc3n2)cc1)C(=O)N1CCN(c2ncccn2)CC1. The van der Waals surface area contributed by atoms with Gasteiger partial charge in [0.05, 0.1) is 22.9 Å². The molecule has 8 nitrogen and oxygen atoms in total. The van der Waals surface area contributed by atoms with E-state index in [4.69, 9.17) is 9.72 Å². The number of nitrogens with zero attached hydrogens (tertiary/aromatic N) is 6. The van der Waals surface area contributed by atoms with Gasteiger partial charge in [0.15, 0.2) is 6.10 Å². The van der Waals surface area contributed by atoms with Crippen LogP contribution in [0, 0.1) is 0 Å². The van der Waals surface area contributed by atoms with Gasteiger partial charge in [-0.25, -0.2) is 15.0 Å². The normalized spacial score (nSPS) is 14.7. The number of rotatable bonds is 6. The van der Waals surface area contributed by atoms with Gasteiger partial charge in [-0.2, -0.15) is 0 Å². The second kappa shape index (κ2) is 9.82. The van der Waals surface area contributed by atoms with E-state index in [0.717, 1.165) is 22.3 Å². The number of para-hydroxylation sites is 2. The maximum Gasteiger partial charge on any atom is 0.263 e. The molecule has 5 rings (SSSR count). The molecule has 1 amide bonds. The van der Waals surface area contributed by atoms with Crippen molar-refractivity contribution in [3.05, 3.63) is 73.2 Å². The van der Waals surface area contributed by atoms with E-state index >= 15 is 0 Å². The highest BCUT2D eigenvalue weighted by Gasteiger charge is 2.28. The summed E-state index contributed by atoms with van der Waals surface area (Å²) in [4.78, 5) is 34.9. The first-order valence-electron chi connectivity index (χ1n) is 11.5. The highest BCUT2D eigenvalue weighted by Crippen LogP contribution is 2.23. The standard InChI is InChI=1S/C26H26N6O2/c1-2-24(25(33)31-14-16-32(17-15-31)26-27-12-5-13-28-26)34-20-10-8-19(9-11-20)23-18-29-21-6-3-4-7-22(21)30-23/h3-13,18,24H,2,14-17H2,1H3. The third kappa shape index (κ3) is 4.66. The monoisotopic (exact) mass is 454 g/mol. The number of hydrogen-bond acceptors (Lipinski definition) is 7. The largest absolute Gasteiger partial charge is 0.481 e. The molecule has 4 aromatic rings. The van der Waals surface area contributed by atoms with E-state index in [0.29, 0.717) is 44.3 Å². The van der Waals surface area contributed by atoms with Gasteiger partial charge in [-0.15, -0.1) is 0 Å². The van der Waals surface area contributed by atoms with E-state index in [9.17, 15) is 4.79 Å². The summed E-state index contributed by atoms with van der Waals surface area (Å²) in [7, 11) is 0. The van der Waals surface area contributed by atoms with Crippen molar-refractivity contribution in [3.8, 4) is 17.0 Å². The fourth-order valence-corrected chi connectivity index (χ4v) is 4.06. The Labute approximate surface area is 198 Å². The molecule has 2 aromatic heterocycles. The van der Waals surface area contributed by atoms with E-state index in [1.807, 2.05) is 60.4 Å². The summed E-state index contributed by atoms with van der Waals surface area (Å²) in [6.45, 7) is 4.62. The van der Waals surface area contributed by atoms with Gasteiger partial charge in [0, 0.05) is 44.1 Å². The minimum atomic E-state index is -0.522. The van der Waals surface area contributed by atoms with Crippen molar-refractivity contribution in [2.75, 3.05) is 31.1 Å². The van der Waals surface area contributed by atoms with Crippen molar-refractivity contribution in [2.24, 2.45) is 0 Å². The fourth-order valence-electron chi connectivity index (χ4n) is 4.06. The smallest absolute Gasteiger partial charge is 0.263 e. The lowest BCUT2D eigenvalue weighted by Gasteiger charge is -2.36. The predicted molar refractivity (Wildman–Crippen MR) is 131 cm³/mol. The predicted octanol–water partition coefficient (Wildman–Crippen LogP) is 3.59. The van der Waals surface area contributed by atoms with Crippen molar-refractivity contribution < 1.29 is 9.53 Å². The number of hydrogen-bond donors (Lipinski definition) is 0. The van der Waals surface area contributed by atoms with E-state index in [1.165, 1.54) is 0 Å². The average Bonchev–Trinajstić information content (AvgIpc) is 2.92. The molecular weight excluding hydrogens is 428 g/mol. The molecule has 1 fully saturated rings. The number of piperazine rings is 1. The maximum absolute atomic E-state index is 13.1. The second-order valence-corrected chi connectivity index (χ2v) is 8.14. The van der Waals surface area contributed by atoms with Gasteiger partial charge in [0.25, 0.3) is 5.91 Å². The first-order chi connectivity index (χ1) is 16.7. The van der Waals surface area contributed by atoms with Crippen molar-refractivity contribution in [1.29, 1.82) is 0 Å². The molecule has 0 bridgehead atoms. The molecule has 172 valence electrons. The van der Waals surface area contributed by atoms with Gasteiger partial charge in [-0.1, -0.05) is 19.1 Å².